The molecule has 0 saturated carbocycles. The Morgan fingerprint density at radius 2 is 2.06 bits per heavy atom. The first-order valence-electron chi connectivity index (χ1n) is 5.52. The fraction of sp³-hybridized carbons (Fsp3) is 0.556. The number of nitrogens with two attached hydrogens (primary N) is 1. The number of nitrogens with zero attached hydrogens (tertiary/aromatic N) is 3. The first kappa shape index (κ1) is 12.8. The third-order valence-corrected chi connectivity index (χ3v) is 3.75. The highest BCUT2D eigenvalue weighted by Gasteiger charge is 2.25. The van der Waals surface area contributed by atoms with Crippen molar-refractivity contribution in [3.63, 3.8) is 0 Å². The summed E-state index contributed by atoms with van der Waals surface area (Å²) in [6.45, 7) is 0. The molecule has 2 heterocycles. The maximum Gasteiger partial charge on any atom is 0.354 e. The van der Waals surface area contributed by atoms with Crippen LogP contribution in [0, 0.1) is 10.1 Å². The average Bonchev–Trinajstić information content (AvgIpc) is 2.39. The van der Waals surface area contributed by atoms with Crippen LogP contribution in [-0.4, -0.2) is 32.4 Å². The van der Waals surface area contributed by atoms with Crippen LogP contribution >= 0.6 is 11.8 Å². The number of nitrogens with one attached hydrogen (secondary N) is 2. The largest absolute Gasteiger partial charge is 0.361 e. The van der Waals surface area contributed by atoms with Crippen LogP contribution in [0.2, 0.25) is 0 Å². The summed E-state index contributed by atoms with van der Waals surface area (Å²) in [5.41, 5.74) is 2.01. The van der Waals surface area contributed by atoms with Gasteiger partial charge < -0.3 is 10.7 Å². The summed E-state index contributed by atoms with van der Waals surface area (Å²) in [6.07, 6.45) is 3.19. The lowest BCUT2D eigenvalue weighted by atomic mass is 10.1. The summed E-state index contributed by atoms with van der Waals surface area (Å²) in [4.78, 5) is 18.2. The second-order valence-electron chi connectivity index (χ2n) is 3.85. The van der Waals surface area contributed by atoms with Crippen LogP contribution in [0.3, 0.4) is 0 Å². The Morgan fingerprint density at radius 3 is 2.67 bits per heavy atom. The molecule has 98 valence electrons. The van der Waals surface area contributed by atoms with Crippen molar-refractivity contribution in [1.82, 2.24) is 9.97 Å². The van der Waals surface area contributed by atoms with Gasteiger partial charge in [-0.3, -0.25) is 10.1 Å². The van der Waals surface area contributed by atoms with Crippen LogP contribution in [0.4, 0.5) is 17.3 Å². The number of nitrogen functional groups attached to an aromatic ring is 1. The van der Waals surface area contributed by atoms with Gasteiger partial charge in [-0.2, -0.15) is 11.8 Å². The van der Waals surface area contributed by atoms with Gasteiger partial charge in [-0.25, -0.2) is 15.8 Å². The lowest BCUT2D eigenvalue weighted by Gasteiger charge is -2.22. The molecule has 1 aromatic heterocycles. The van der Waals surface area contributed by atoms with E-state index in [9.17, 15) is 10.1 Å². The molecule has 0 aliphatic carbocycles. The summed E-state index contributed by atoms with van der Waals surface area (Å²) < 4.78 is 0. The molecule has 0 unspecified atom stereocenters. The zero-order chi connectivity index (χ0) is 13.0. The molecule has 0 amide bonds. The molecule has 1 aromatic rings. The maximum absolute atomic E-state index is 11.0. The fourth-order valence-corrected chi connectivity index (χ4v) is 2.90. The SMILES string of the molecule is NNc1ncnc(NC2CCSCC2)c1[N+](=O)[O-]. The first-order chi connectivity index (χ1) is 8.72. The fourth-order valence-electron chi connectivity index (χ4n) is 1.80. The highest BCUT2D eigenvalue weighted by atomic mass is 32.2. The highest BCUT2D eigenvalue weighted by molar-refractivity contribution is 7.99. The molecule has 18 heavy (non-hydrogen) atoms. The average molecular weight is 270 g/mol. The Balaban J connectivity index is 2.23. The van der Waals surface area contributed by atoms with Crippen molar-refractivity contribution in [3.8, 4) is 0 Å². The zero-order valence-corrected chi connectivity index (χ0v) is 10.4. The minimum atomic E-state index is -0.533. The lowest BCUT2D eigenvalue weighted by Crippen LogP contribution is -2.26. The second-order valence-corrected chi connectivity index (χ2v) is 5.08. The van der Waals surface area contributed by atoms with E-state index in [0.717, 1.165) is 24.3 Å². The quantitative estimate of drug-likeness (QED) is 0.421. The summed E-state index contributed by atoms with van der Waals surface area (Å²) in [5, 5.41) is 14.1. The predicted molar refractivity (Wildman–Crippen MR) is 70.5 cm³/mol. The van der Waals surface area contributed by atoms with Crippen molar-refractivity contribution in [1.29, 1.82) is 0 Å². The molecule has 0 bridgehead atoms. The van der Waals surface area contributed by atoms with Crippen molar-refractivity contribution in [2.75, 3.05) is 22.2 Å². The van der Waals surface area contributed by atoms with Crippen molar-refractivity contribution in [2.24, 2.45) is 5.84 Å². The van der Waals surface area contributed by atoms with Gasteiger partial charge in [0.2, 0.25) is 11.6 Å². The van der Waals surface area contributed by atoms with E-state index in [1.165, 1.54) is 6.33 Å². The number of thioether (sulfide) groups is 1. The molecule has 0 radical (unpaired) electrons. The minimum Gasteiger partial charge on any atom is -0.361 e. The Bertz CT molecular complexity index is 437. The molecule has 8 nitrogen and oxygen atoms in total. The number of aromatic nitrogens is 2. The molecule has 9 heteroatoms. The normalized spacial score (nSPS) is 16.3. The summed E-state index contributed by atoms with van der Waals surface area (Å²) in [5.74, 6) is 7.56. The van der Waals surface area contributed by atoms with Gasteiger partial charge in [0.05, 0.1) is 4.92 Å². The number of anilines is 2. The van der Waals surface area contributed by atoms with E-state index >= 15 is 0 Å². The molecule has 1 fully saturated rings. The predicted octanol–water partition coefficient (Wildman–Crippen LogP) is 0.978. The van der Waals surface area contributed by atoms with Gasteiger partial charge in [0, 0.05) is 6.04 Å². The van der Waals surface area contributed by atoms with E-state index in [2.05, 4.69) is 20.7 Å². The molecule has 0 spiro atoms. The van der Waals surface area contributed by atoms with Gasteiger partial charge in [-0.1, -0.05) is 0 Å². The van der Waals surface area contributed by atoms with E-state index in [1.807, 2.05) is 11.8 Å². The van der Waals surface area contributed by atoms with Crippen molar-refractivity contribution in [2.45, 2.75) is 18.9 Å². The molecule has 4 N–H and O–H groups in total. The van der Waals surface area contributed by atoms with Gasteiger partial charge in [-0.05, 0) is 24.3 Å². The topological polar surface area (TPSA) is 119 Å². The van der Waals surface area contributed by atoms with Crippen LogP contribution in [0.15, 0.2) is 6.33 Å². The summed E-state index contributed by atoms with van der Waals surface area (Å²) >= 11 is 1.89. The van der Waals surface area contributed by atoms with E-state index in [-0.39, 0.29) is 23.4 Å². The standard InChI is InChI=1S/C9H14N6O2S/c10-14-9-7(15(16)17)8(11-5-12-9)13-6-1-3-18-4-2-6/h5-6H,1-4,10H2,(H2,11,12,13,14). The molecule has 0 atom stereocenters. The molecule has 0 aromatic carbocycles. The Kier molecular flexibility index (Phi) is 4.15. The Labute approximate surface area is 108 Å². The summed E-state index contributed by atoms with van der Waals surface area (Å²) in [6, 6.07) is 0.213. The monoisotopic (exact) mass is 270 g/mol. The van der Waals surface area contributed by atoms with E-state index in [4.69, 9.17) is 5.84 Å². The van der Waals surface area contributed by atoms with Crippen molar-refractivity contribution in [3.05, 3.63) is 16.4 Å². The Morgan fingerprint density at radius 1 is 1.39 bits per heavy atom. The van der Waals surface area contributed by atoms with Crippen LogP contribution in [-0.2, 0) is 0 Å². The van der Waals surface area contributed by atoms with Crippen LogP contribution < -0.4 is 16.6 Å². The van der Waals surface area contributed by atoms with Gasteiger partial charge >= 0.3 is 5.69 Å². The van der Waals surface area contributed by atoms with Crippen LogP contribution in [0.25, 0.3) is 0 Å². The van der Waals surface area contributed by atoms with Gasteiger partial charge in [0.15, 0.2) is 0 Å². The van der Waals surface area contributed by atoms with Crippen molar-refractivity contribution < 1.29 is 4.92 Å². The van der Waals surface area contributed by atoms with Crippen molar-refractivity contribution >= 4 is 29.1 Å². The molecule has 1 aliphatic rings. The van der Waals surface area contributed by atoms with Gasteiger partial charge in [0.1, 0.15) is 6.33 Å². The van der Waals surface area contributed by atoms with Gasteiger partial charge in [0.25, 0.3) is 0 Å². The zero-order valence-electron chi connectivity index (χ0n) is 9.63. The number of hydrogen-bond donors (Lipinski definition) is 3. The number of hydrogen-bond acceptors (Lipinski definition) is 8. The number of hydrazine groups is 1. The second kappa shape index (κ2) is 5.83. The van der Waals surface area contributed by atoms with Crippen LogP contribution in [0.5, 0.6) is 0 Å². The first-order valence-corrected chi connectivity index (χ1v) is 6.68. The van der Waals surface area contributed by atoms with Crippen LogP contribution in [0.1, 0.15) is 12.8 Å². The maximum atomic E-state index is 11.0. The molecule has 1 aliphatic heterocycles. The number of nitro groups is 1. The number of rotatable bonds is 4. The molecule has 1 saturated heterocycles. The Hall–Kier alpha value is -1.61. The summed E-state index contributed by atoms with van der Waals surface area (Å²) in [7, 11) is 0. The minimum absolute atomic E-state index is 0.0164. The third-order valence-electron chi connectivity index (χ3n) is 2.70. The van der Waals surface area contributed by atoms with E-state index in [0.29, 0.717) is 0 Å². The van der Waals surface area contributed by atoms with E-state index in [1.54, 1.807) is 0 Å². The smallest absolute Gasteiger partial charge is 0.354 e. The van der Waals surface area contributed by atoms with E-state index < -0.39 is 4.92 Å². The highest BCUT2D eigenvalue weighted by Crippen LogP contribution is 2.30. The molecular weight excluding hydrogens is 256 g/mol. The van der Waals surface area contributed by atoms with Gasteiger partial charge in [-0.15, -0.1) is 0 Å². The lowest BCUT2D eigenvalue weighted by molar-refractivity contribution is -0.383. The third kappa shape index (κ3) is 2.79. The molecule has 2 rings (SSSR count). The molecular formula is C9H14N6O2S.